The summed E-state index contributed by atoms with van der Waals surface area (Å²) in [5.74, 6) is 0.653. The van der Waals surface area contributed by atoms with Gasteiger partial charge in [0.05, 0.1) is 23.9 Å². The van der Waals surface area contributed by atoms with Gasteiger partial charge in [-0.3, -0.25) is 10.7 Å². The van der Waals surface area contributed by atoms with Gasteiger partial charge < -0.3 is 10.1 Å². The third kappa shape index (κ3) is 3.28. The van der Waals surface area contributed by atoms with E-state index >= 15 is 0 Å². The molecule has 3 N–H and O–H groups in total. The number of hydrogen-bond donors (Lipinski definition) is 3. The molecule has 0 spiro atoms. The number of aryl methyl sites for hydroxylation is 1. The maximum absolute atomic E-state index is 7.98. The summed E-state index contributed by atoms with van der Waals surface area (Å²) >= 11 is 0. The number of nitrogens with zero attached hydrogens (tertiary/aromatic N) is 2. The normalized spacial score (nSPS) is 18.4. The van der Waals surface area contributed by atoms with Crippen molar-refractivity contribution in [2.24, 2.45) is 0 Å². The Bertz CT molecular complexity index is 652. The number of ether oxygens (including phenoxy) is 1. The molecule has 1 aromatic carbocycles. The number of aromatic nitrogens is 2. The molecular formula is C15H19N5O. The summed E-state index contributed by atoms with van der Waals surface area (Å²) in [7, 11) is 0. The van der Waals surface area contributed by atoms with Crippen molar-refractivity contribution in [3.8, 4) is 0 Å². The van der Waals surface area contributed by atoms with Crippen LogP contribution in [0.15, 0.2) is 24.3 Å². The van der Waals surface area contributed by atoms with Crippen LogP contribution in [0.25, 0.3) is 10.9 Å². The summed E-state index contributed by atoms with van der Waals surface area (Å²) in [6.07, 6.45) is 2.04. The monoisotopic (exact) mass is 285 g/mol. The van der Waals surface area contributed by atoms with Gasteiger partial charge in [-0.25, -0.2) is 9.97 Å². The van der Waals surface area contributed by atoms with Crippen LogP contribution in [-0.2, 0) is 4.74 Å². The van der Waals surface area contributed by atoms with Crippen LogP contribution in [0.5, 0.6) is 0 Å². The zero-order valence-corrected chi connectivity index (χ0v) is 12.0. The van der Waals surface area contributed by atoms with Gasteiger partial charge in [-0.15, -0.1) is 0 Å². The molecule has 1 fully saturated rings. The fraction of sp³-hybridized carbons (Fsp3) is 0.400. The molecule has 0 radical (unpaired) electrons. The lowest BCUT2D eigenvalue weighted by atomic mass is 10.1. The first kappa shape index (κ1) is 13.8. The van der Waals surface area contributed by atoms with Gasteiger partial charge in [0, 0.05) is 12.0 Å². The smallest absolute Gasteiger partial charge is 0.230 e. The van der Waals surface area contributed by atoms with Gasteiger partial charge in [-0.2, -0.15) is 0 Å². The zero-order valence-electron chi connectivity index (χ0n) is 12.0. The minimum absolute atomic E-state index is 0.181. The van der Waals surface area contributed by atoms with E-state index in [4.69, 9.17) is 10.1 Å². The van der Waals surface area contributed by atoms with E-state index in [1.807, 2.05) is 31.2 Å². The van der Waals surface area contributed by atoms with Crippen LogP contribution in [-0.4, -0.2) is 35.2 Å². The van der Waals surface area contributed by atoms with Crippen molar-refractivity contribution >= 4 is 22.8 Å². The Morgan fingerprint density at radius 1 is 1.33 bits per heavy atom. The highest BCUT2D eigenvalue weighted by atomic mass is 16.5. The summed E-state index contributed by atoms with van der Waals surface area (Å²) in [6, 6.07) is 8.04. The number of para-hydroxylation sites is 1. The van der Waals surface area contributed by atoms with Crippen molar-refractivity contribution in [2.45, 2.75) is 25.8 Å². The molecule has 0 aliphatic carbocycles. The fourth-order valence-corrected chi connectivity index (χ4v) is 2.50. The standard InChI is InChI=1S/C15H19N5O/c1-10-12-6-2-3-7-13(12)19-15(17-10)20-14(16)18-11-5-4-8-21-9-11/h2-3,6-7,11H,4-5,8-9H2,1H3,(H3,16,17,18,19,20). The van der Waals surface area contributed by atoms with Crippen molar-refractivity contribution in [1.82, 2.24) is 15.3 Å². The van der Waals surface area contributed by atoms with E-state index in [0.717, 1.165) is 36.0 Å². The lowest BCUT2D eigenvalue weighted by molar-refractivity contribution is 0.0763. The molecule has 0 amide bonds. The minimum atomic E-state index is 0.181. The van der Waals surface area contributed by atoms with Crippen LogP contribution in [0.3, 0.4) is 0 Å². The molecule has 1 saturated heterocycles. The lowest BCUT2D eigenvalue weighted by Crippen LogP contribution is -2.43. The van der Waals surface area contributed by atoms with Crippen LogP contribution < -0.4 is 10.6 Å². The summed E-state index contributed by atoms with van der Waals surface area (Å²) in [5, 5.41) is 15.0. The Morgan fingerprint density at radius 3 is 3.00 bits per heavy atom. The first-order valence-electron chi connectivity index (χ1n) is 7.15. The van der Waals surface area contributed by atoms with Gasteiger partial charge in [0.1, 0.15) is 0 Å². The molecule has 2 heterocycles. The second-order valence-corrected chi connectivity index (χ2v) is 5.21. The Labute approximate surface area is 123 Å². The van der Waals surface area contributed by atoms with E-state index in [0.29, 0.717) is 12.6 Å². The molecule has 0 bridgehead atoms. The first-order valence-corrected chi connectivity index (χ1v) is 7.15. The Balaban J connectivity index is 1.70. The van der Waals surface area contributed by atoms with Crippen molar-refractivity contribution in [2.75, 3.05) is 18.5 Å². The van der Waals surface area contributed by atoms with E-state index in [9.17, 15) is 0 Å². The third-order valence-corrected chi connectivity index (χ3v) is 3.54. The number of fused-ring (bicyclic) bond motifs is 1. The van der Waals surface area contributed by atoms with Crippen LogP contribution in [0.4, 0.5) is 5.95 Å². The molecular weight excluding hydrogens is 266 g/mol. The molecule has 21 heavy (non-hydrogen) atoms. The molecule has 3 rings (SSSR count). The number of rotatable bonds is 2. The Hall–Kier alpha value is -2.21. The summed E-state index contributed by atoms with van der Waals surface area (Å²) in [4.78, 5) is 8.83. The van der Waals surface area contributed by atoms with Crippen LogP contribution in [0, 0.1) is 12.3 Å². The SMILES string of the molecule is Cc1nc(NC(=N)NC2CCCOC2)nc2ccccc12. The summed E-state index contributed by atoms with van der Waals surface area (Å²) < 4.78 is 5.39. The molecule has 6 nitrogen and oxygen atoms in total. The van der Waals surface area contributed by atoms with Gasteiger partial charge in [0.2, 0.25) is 5.95 Å². The molecule has 1 aliphatic heterocycles. The van der Waals surface area contributed by atoms with E-state index < -0.39 is 0 Å². The average molecular weight is 285 g/mol. The zero-order chi connectivity index (χ0) is 14.7. The number of hydrogen-bond acceptors (Lipinski definition) is 4. The van der Waals surface area contributed by atoms with Crippen molar-refractivity contribution in [3.05, 3.63) is 30.0 Å². The highest BCUT2D eigenvalue weighted by molar-refractivity contribution is 5.91. The maximum Gasteiger partial charge on any atom is 0.230 e. The van der Waals surface area contributed by atoms with Gasteiger partial charge in [0.15, 0.2) is 5.96 Å². The first-order chi connectivity index (χ1) is 10.2. The molecule has 1 aromatic heterocycles. The van der Waals surface area contributed by atoms with E-state index in [-0.39, 0.29) is 12.0 Å². The van der Waals surface area contributed by atoms with Crippen molar-refractivity contribution in [1.29, 1.82) is 5.41 Å². The number of nitrogens with one attached hydrogen (secondary N) is 3. The second kappa shape index (κ2) is 6.05. The quantitative estimate of drug-likeness (QED) is 0.581. The maximum atomic E-state index is 7.98. The lowest BCUT2D eigenvalue weighted by Gasteiger charge is -2.24. The molecule has 2 aromatic rings. The Kier molecular flexibility index (Phi) is 3.96. The van der Waals surface area contributed by atoms with E-state index in [2.05, 4.69) is 20.6 Å². The predicted molar refractivity (Wildman–Crippen MR) is 82.6 cm³/mol. The molecule has 110 valence electrons. The van der Waals surface area contributed by atoms with Crippen LogP contribution in [0.1, 0.15) is 18.5 Å². The largest absolute Gasteiger partial charge is 0.379 e. The fourth-order valence-electron chi connectivity index (χ4n) is 2.50. The summed E-state index contributed by atoms with van der Waals surface area (Å²) in [5.41, 5.74) is 1.78. The van der Waals surface area contributed by atoms with Crippen molar-refractivity contribution < 1.29 is 4.74 Å². The number of guanidine groups is 1. The molecule has 1 unspecified atom stereocenters. The van der Waals surface area contributed by atoms with Crippen LogP contribution >= 0.6 is 0 Å². The highest BCUT2D eigenvalue weighted by Gasteiger charge is 2.15. The highest BCUT2D eigenvalue weighted by Crippen LogP contribution is 2.16. The van der Waals surface area contributed by atoms with Crippen LogP contribution in [0.2, 0.25) is 0 Å². The molecule has 0 saturated carbocycles. The van der Waals surface area contributed by atoms with Gasteiger partial charge in [-0.1, -0.05) is 18.2 Å². The molecule has 1 atom stereocenters. The molecule has 1 aliphatic rings. The topological polar surface area (TPSA) is 82.9 Å². The van der Waals surface area contributed by atoms with Gasteiger partial charge >= 0.3 is 0 Å². The average Bonchev–Trinajstić information content (AvgIpc) is 2.48. The molecule has 6 heteroatoms. The van der Waals surface area contributed by atoms with Gasteiger partial charge in [0.25, 0.3) is 0 Å². The predicted octanol–water partition coefficient (Wildman–Crippen LogP) is 2.05. The minimum Gasteiger partial charge on any atom is -0.379 e. The van der Waals surface area contributed by atoms with E-state index in [1.54, 1.807) is 0 Å². The number of anilines is 1. The Morgan fingerprint density at radius 2 is 2.19 bits per heavy atom. The third-order valence-electron chi connectivity index (χ3n) is 3.54. The van der Waals surface area contributed by atoms with E-state index in [1.165, 1.54) is 0 Å². The summed E-state index contributed by atoms with van der Waals surface area (Å²) in [6.45, 7) is 3.40. The van der Waals surface area contributed by atoms with Crippen molar-refractivity contribution in [3.63, 3.8) is 0 Å². The second-order valence-electron chi connectivity index (χ2n) is 5.21. The van der Waals surface area contributed by atoms with Gasteiger partial charge in [-0.05, 0) is 25.8 Å². The number of benzene rings is 1.